The standard InChI is InChI=1S/C11H9NO3.C8H5NO2.C3H5ClO.CH2O3.CH4.2K.H/c1-7(13)6-12-10(14)8-4-2-3-5-9(8)11(12)15;10-7-5-3-1-2-4-6(5)8(11)9-7;1-3(5)2-4;2-1-4-3;;;;/h2-5H,6H2,1H3;1-4H,(H,9,10,11);2H2,1H3;1,3H;1H4;;;/q;;;;;2*+1;-1/p-1. The molecule has 0 spiro atoms. The first-order chi connectivity index (χ1) is 16.6. The van der Waals surface area contributed by atoms with Gasteiger partial charge in [0.1, 0.15) is 11.6 Å². The van der Waals surface area contributed by atoms with E-state index in [1.54, 1.807) is 48.5 Å². The molecule has 0 saturated heterocycles. The molecule has 2 heterocycles. The minimum atomic E-state index is -0.384. The number of nitrogens with zero attached hydrogens (tertiary/aromatic N) is 1. The van der Waals surface area contributed by atoms with Gasteiger partial charge in [-0.15, -0.1) is 11.6 Å². The van der Waals surface area contributed by atoms with E-state index in [9.17, 15) is 28.8 Å². The Morgan fingerprint density at radius 1 is 0.868 bits per heavy atom. The molecule has 0 radical (unpaired) electrons. The van der Waals surface area contributed by atoms with Gasteiger partial charge in [-0.2, -0.15) is 0 Å². The van der Waals surface area contributed by atoms with Crippen molar-refractivity contribution in [2.75, 3.05) is 12.4 Å². The number of hydrogen-bond donors (Lipinski definition) is 1. The van der Waals surface area contributed by atoms with Gasteiger partial charge in [0.15, 0.2) is 0 Å². The number of rotatable bonds is 4. The maximum atomic E-state index is 11.7. The molecule has 2 aliphatic rings. The van der Waals surface area contributed by atoms with Gasteiger partial charge in [0.2, 0.25) is 0 Å². The number of Topliss-reactive ketones (excluding diaryl/α,β-unsaturated/α-hetero) is 2. The van der Waals surface area contributed by atoms with Gasteiger partial charge in [-0.05, 0) is 38.1 Å². The Kier molecular flexibility index (Phi) is 23.9. The van der Waals surface area contributed by atoms with Crippen LogP contribution >= 0.6 is 11.6 Å². The summed E-state index contributed by atoms with van der Waals surface area (Å²) in [6, 6.07) is 13.3. The van der Waals surface area contributed by atoms with Gasteiger partial charge in [0.05, 0.1) is 34.7 Å². The van der Waals surface area contributed by atoms with Crippen molar-refractivity contribution in [2.24, 2.45) is 0 Å². The van der Waals surface area contributed by atoms with Gasteiger partial charge in [-0.25, -0.2) is 0 Å². The summed E-state index contributed by atoms with van der Waals surface area (Å²) < 4.78 is 0. The van der Waals surface area contributed by atoms with Gasteiger partial charge in [-0.3, -0.25) is 43.8 Å². The maximum absolute atomic E-state index is 11.7. The van der Waals surface area contributed by atoms with Crippen molar-refractivity contribution in [1.29, 1.82) is 0 Å². The molecule has 0 aliphatic carbocycles. The molecule has 4 rings (SSSR count). The van der Waals surface area contributed by atoms with Crippen molar-refractivity contribution in [2.45, 2.75) is 21.3 Å². The molecule has 11 nitrogen and oxygen atoms in total. The summed E-state index contributed by atoms with van der Waals surface area (Å²) in [7, 11) is 0. The molecule has 14 heteroatoms. The van der Waals surface area contributed by atoms with Crippen LogP contribution in [0.3, 0.4) is 0 Å². The minimum Gasteiger partial charge on any atom is -1.00 e. The van der Waals surface area contributed by atoms with E-state index in [1.807, 2.05) is 0 Å². The van der Waals surface area contributed by atoms with Crippen LogP contribution in [-0.2, 0) is 19.3 Å². The number of alkyl halides is 1. The molecule has 4 amide bonds. The van der Waals surface area contributed by atoms with E-state index in [1.165, 1.54) is 13.8 Å². The summed E-state index contributed by atoms with van der Waals surface area (Å²) in [5.41, 5.74) is 1.70. The topological polar surface area (TPSA) is 167 Å². The van der Waals surface area contributed by atoms with Gasteiger partial charge in [0.25, 0.3) is 30.1 Å². The summed E-state index contributed by atoms with van der Waals surface area (Å²) in [5.74, 6) is -1.41. The minimum absolute atomic E-state index is 0. The summed E-state index contributed by atoms with van der Waals surface area (Å²) in [6.45, 7) is 2.48. The van der Waals surface area contributed by atoms with E-state index in [4.69, 9.17) is 21.7 Å². The second-order valence-corrected chi connectivity index (χ2v) is 7.07. The Bertz CT molecular complexity index is 1100. The molecule has 0 atom stereocenters. The van der Waals surface area contributed by atoms with Gasteiger partial charge >= 0.3 is 103 Å². The maximum Gasteiger partial charge on any atom is 1.00 e. The monoisotopic (exact) mass is 598 g/mol. The van der Waals surface area contributed by atoms with Crippen molar-refractivity contribution >= 4 is 53.3 Å². The van der Waals surface area contributed by atoms with Crippen LogP contribution < -0.4 is 113 Å². The normalized spacial score (nSPS) is 11.4. The summed E-state index contributed by atoms with van der Waals surface area (Å²) in [5, 5.41) is 10.6. The van der Waals surface area contributed by atoms with Crippen molar-refractivity contribution in [3.8, 4) is 0 Å². The Hall–Kier alpha value is -0.947. The molecule has 1 N–H and O–H groups in total. The molecular weight excluding hydrogens is 574 g/mol. The number of halogens is 1. The fourth-order valence-electron chi connectivity index (χ4n) is 2.72. The predicted molar refractivity (Wildman–Crippen MR) is 127 cm³/mol. The molecule has 2 aromatic rings. The number of hydrogen-bond acceptors (Lipinski definition) is 9. The summed E-state index contributed by atoms with van der Waals surface area (Å²) in [6.07, 6.45) is 0. The van der Waals surface area contributed by atoms with Crippen LogP contribution in [0.2, 0.25) is 0 Å². The zero-order valence-electron chi connectivity index (χ0n) is 21.6. The van der Waals surface area contributed by atoms with E-state index in [0.29, 0.717) is 22.3 Å². The smallest absolute Gasteiger partial charge is 1.00 e. The van der Waals surface area contributed by atoms with Crippen LogP contribution in [0, 0.1) is 0 Å². The molecule has 2 aromatic carbocycles. The van der Waals surface area contributed by atoms with Crippen LogP contribution in [0.5, 0.6) is 0 Å². The summed E-state index contributed by atoms with van der Waals surface area (Å²) >= 11 is 4.99. The third-order valence-corrected chi connectivity index (χ3v) is 4.51. The van der Waals surface area contributed by atoms with E-state index in [2.05, 4.69) is 10.2 Å². The Labute approximate surface area is 311 Å². The van der Waals surface area contributed by atoms with E-state index >= 15 is 0 Å². The molecule has 0 fully saturated rings. The quantitative estimate of drug-likeness (QED) is 0.0910. The van der Waals surface area contributed by atoms with E-state index in [0.717, 1.165) is 4.90 Å². The first-order valence-corrected chi connectivity index (χ1v) is 10.3. The van der Waals surface area contributed by atoms with Crippen molar-refractivity contribution in [3.63, 3.8) is 0 Å². The molecule has 2 aliphatic heterocycles. The zero-order valence-corrected chi connectivity index (χ0v) is 27.6. The predicted octanol–water partition coefficient (Wildman–Crippen LogP) is -4.55. The fraction of sp³-hybridized carbons (Fsp3) is 0.208. The van der Waals surface area contributed by atoms with Crippen molar-refractivity contribution < 1.29 is 148 Å². The van der Waals surface area contributed by atoms with Crippen molar-refractivity contribution in [1.82, 2.24) is 10.2 Å². The molecule has 0 unspecified atom stereocenters. The molecule has 0 aromatic heterocycles. The summed E-state index contributed by atoms with van der Waals surface area (Å²) in [4.78, 5) is 78.1. The average molecular weight is 599 g/mol. The second-order valence-electron chi connectivity index (χ2n) is 6.80. The number of imide groups is 2. The number of benzene rings is 2. The molecule has 38 heavy (non-hydrogen) atoms. The van der Waals surface area contributed by atoms with Crippen LogP contribution in [0.15, 0.2) is 48.5 Å². The van der Waals surface area contributed by atoms with Crippen molar-refractivity contribution in [3.05, 3.63) is 70.8 Å². The first kappa shape index (κ1) is 41.5. The van der Waals surface area contributed by atoms with Crippen LogP contribution in [0.25, 0.3) is 0 Å². The third-order valence-electron chi connectivity index (χ3n) is 4.13. The Morgan fingerprint density at radius 3 is 1.45 bits per heavy atom. The first-order valence-electron chi connectivity index (χ1n) is 9.76. The van der Waals surface area contributed by atoms with Gasteiger partial charge in [-0.1, -0.05) is 31.7 Å². The number of ketones is 2. The fourth-order valence-corrected chi connectivity index (χ4v) is 2.72. The molecule has 194 valence electrons. The van der Waals surface area contributed by atoms with Crippen LogP contribution in [0.4, 0.5) is 0 Å². The third kappa shape index (κ3) is 12.9. The number of amides is 4. The van der Waals surface area contributed by atoms with E-state index < -0.39 is 0 Å². The number of carbonyl (C=O) groups excluding carboxylic acids is 7. The Morgan fingerprint density at radius 2 is 1.18 bits per heavy atom. The van der Waals surface area contributed by atoms with Crippen LogP contribution in [-0.4, -0.2) is 59.0 Å². The van der Waals surface area contributed by atoms with Gasteiger partial charge in [0, 0.05) is 0 Å². The molecular formula is C24H25ClK2N2O9. The molecule has 0 saturated carbocycles. The average Bonchev–Trinajstić information content (AvgIpc) is 3.28. The zero-order chi connectivity index (χ0) is 26.5. The second kappa shape index (κ2) is 21.8. The number of fused-ring (bicyclic) bond motifs is 2. The SMILES string of the molecule is C.CC(=O)CCl.CC(=O)CN1C(=O)c2ccccc2C1=O.O=C1NC(=O)c2ccccc21.O=CO[O-].[H-].[K+].[K+]. The van der Waals surface area contributed by atoms with Gasteiger partial charge < -0.3 is 11.6 Å². The number of nitrogens with one attached hydrogen (secondary N) is 1. The number of carbonyl (C=O) groups is 7. The van der Waals surface area contributed by atoms with E-state index in [-0.39, 0.29) is 166 Å². The van der Waals surface area contributed by atoms with Crippen LogP contribution in [0.1, 0.15) is 64.1 Å². The Balaban J connectivity index is -0.000000227. The largest absolute Gasteiger partial charge is 1.00 e. The molecule has 0 bridgehead atoms.